The molecule has 0 spiro atoms. The van der Waals surface area contributed by atoms with Gasteiger partial charge in [-0.3, -0.25) is 4.18 Å². The fourth-order valence-electron chi connectivity index (χ4n) is 0.362. The summed E-state index contributed by atoms with van der Waals surface area (Å²) in [5, 5.41) is 0. The molecule has 5 nitrogen and oxygen atoms in total. The van der Waals surface area contributed by atoms with Crippen LogP contribution in [-0.2, 0) is 19.3 Å². The Bertz CT molecular complexity index is 195. The van der Waals surface area contributed by atoms with Gasteiger partial charge in [-0.25, -0.2) is 8.42 Å². The first-order valence-electron chi connectivity index (χ1n) is 2.85. The van der Waals surface area contributed by atoms with Crippen LogP contribution in [0, 0.1) is 0 Å². The normalized spacial score (nSPS) is 11.4. The molecule has 0 aromatic rings. The van der Waals surface area contributed by atoms with Crippen LogP contribution in [0.5, 0.6) is 0 Å². The van der Waals surface area contributed by atoms with Crippen LogP contribution in [0.25, 0.3) is 0 Å². The average Bonchev–Trinajstić information content (AvgIpc) is 1.85. The first-order valence-corrected chi connectivity index (χ1v) is 4.18. The SMILES string of the molecule is C=CCOCCOS(=O)(=O)[O-]. The van der Waals surface area contributed by atoms with Gasteiger partial charge >= 0.3 is 0 Å². The Balaban J connectivity index is 3.22. The lowest BCUT2D eigenvalue weighted by atomic mass is 10.7. The van der Waals surface area contributed by atoms with Gasteiger partial charge in [-0.15, -0.1) is 6.58 Å². The highest BCUT2D eigenvalue weighted by atomic mass is 32.3. The van der Waals surface area contributed by atoms with Gasteiger partial charge in [0.15, 0.2) is 0 Å². The highest BCUT2D eigenvalue weighted by molar-refractivity contribution is 7.80. The summed E-state index contributed by atoms with van der Waals surface area (Å²) in [6.45, 7) is 3.48. The summed E-state index contributed by atoms with van der Waals surface area (Å²) in [5.41, 5.74) is 0. The van der Waals surface area contributed by atoms with E-state index in [0.717, 1.165) is 0 Å². The van der Waals surface area contributed by atoms with E-state index in [1.165, 1.54) is 6.08 Å². The van der Waals surface area contributed by atoms with Gasteiger partial charge in [0.05, 0.1) is 19.8 Å². The minimum atomic E-state index is -4.57. The Labute approximate surface area is 65.6 Å². The summed E-state index contributed by atoms with van der Waals surface area (Å²) >= 11 is 0. The average molecular weight is 181 g/mol. The Morgan fingerprint density at radius 3 is 2.55 bits per heavy atom. The second-order valence-corrected chi connectivity index (χ2v) is 2.65. The van der Waals surface area contributed by atoms with Crippen LogP contribution in [0.1, 0.15) is 0 Å². The van der Waals surface area contributed by atoms with Gasteiger partial charge in [-0.1, -0.05) is 6.08 Å². The van der Waals surface area contributed by atoms with Crippen LogP contribution in [-0.4, -0.2) is 32.8 Å². The largest absolute Gasteiger partial charge is 0.726 e. The van der Waals surface area contributed by atoms with Crippen molar-refractivity contribution in [1.29, 1.82) is 0 Å². The summed E-state index contributed by atoms with van der Waals surface area (Å²) in [6, 6.07) is 0. The molecule has 0 aliphatic rings. The Morgan fingerprint density at radius 2 is 2.09 bits per heavy atom. The first-order chi connectivity index (χ1) is 5.06. The van der Waals surface area contributed by atoms with Crippen molar-refractivity contribution < 1.29 is 21.9 Å². The lowest BCUT2D eigenvalue weighted by Gasteiger charge is -2.06. The van der Waals surface area contributed by atoms with Crippen molar-refractivity contribution in [3.63, 3.8) is 0 Å². The van der Waals surface area contributed by atoms with Gasteiger partial charge in [-0.2, -0.15) is 0 Å². The highest BCUT2D eigenvalue weighted by Gasteiger charge is 1.92. The van der Waals surface area contributed by atoms with E-state index in [1.54, 1.807) is 0 Å². The van der Waals surface area contributed by atoms with Gasteiger partial charge in [0.2, 0.25) is 10.4 Å². The zero-order chi connectivity index (χ0) is 8.74. The molecule has 0 heterocycles. The van der Waals surface area contributed by atoms with E-state index >= 15 is 0 Å². The predicted molar refractivity (Wildman–Crippen MR) is 36.7 cm³/mol. The molecule has 0 radical (unpaired) electrons. The number of rotatable bonds is 6. The molecule has 0 aliphatic heterocycles. The van der Waals surface area contributed by atoms with Gasteiger partial charge < -0.3 is 9.29 Å². The van der Waals surface area contributed by atoms with Crippen LogP contribution in [0.15, 0.2) is 12.7 Å². The summed E-state index contributed by atoms with van der Waals surface area (Å²) in [4.78, 5) is 0. The lowest BCUT2D eigenvalue weighted by Crippen LogP contribution is -2.10. The summed E-state index contributed by atoms with van der Waals surface area (Å²) < 4.78 is 38.0. The van der Waals surface area contributed by atoms with Crippen molar-refractivity contribution in [3.8, 4) is 0 Å². The number of hydrogen-bond acceptors (Lipinski definition) is 5. The molecule has 0 aliphatic carbocycles. The second kappa shape index (κ2) is 5.25. The van der Waals surface area contributed by atoms with Crippen molar-refractivity contribution >= 4 is 10.4 Å². The molecule has 0 bridgehead atoms. The van der Waals surface area contributed by atoms with Crippen LogP contribution in [0.3, 0.4) is 0 Å². The molecule has 11 heavy (non-hydrogen) atoms. The monoisotopic (exact) mass is 181 g/mol. The minimum absolute atomic E-state index is 0.0630. The van der Waals surface area contributed by atoms with Crippen LogP contribution < -0.4 is 0 Å². The van der Waals surface area contributed by atoms with E-state index < -0.39 is 10.4 Å². The van der Waals surface area contributed by atoms with E-state index in [2.05, 4.69) is 10.8 Å². The highest BCUT2D eigenvalue weighted by Crippen LogP contribution is 1.85. The van der Waals surface area contributed by atoms with Gasteiger partial charge in [0.1, 0.15) is 0 Å². The molecule has 0 unspecified atom stereocenters. The molecule has 0 rings (SSSR count). The standard InChI is InChI=1S/C5H10O5S/c1-2-3-9-4-5-10-11(6,7)8/h2H,1,3-5H2,(H,6,7,8)/p-1. The first kappa shape index (κ1) is 10.6. The second-order valence-electron chi connectivity index (χ2n) is 1.59. The Morgan fingerprint density at radius 1 is 1.45 bits per heavy atom. The quantitative estimate of drug-likeness (QED) is 0.242. The van der Waals surface area contributed by atoms with Crippen molar-refractivity contribution in [1.82, 2.24) is 0 Å². The lowest BCUT2D eigenvalue weighted by molar-refractivity contribution is 0.116. The van der Waals surface area contributed by atoms with Gasteiger partial charge in [-0.05, 0) is 0 Å². The van der Waals surface area contributed by atoms with Crippen LogP contribution in [0.4, 0.5) is 0 Å². The van der Waals surface area contributed by atoms with Crippen molar-refractivity contribution in [3.05, 3.63) is 12.7 Å². The summed E-state index contributed by atoms with van der Waals surface area (Å²) in [5.74, 6) is 0. The third kappa shape index (κ3) is 9.57. The van der Waals surface area contributed by atoms with Crippen molar-refractivity contribution in [2.24, 2.45) is 0 Å². The maximum atomic E-state index is 9.81. The smallest absolute Gasteiger partial charge is 0.217 e. The third-order valence-corrected chi connectivity index (χ3v) is 1.15. The number of hydrogen-bond donors (Lipinski definition) is 0. The number of ether oxygens (including phenoxy) is 1. The van der Waals surface area contributed by atoms with E-state index in [9.17, 15) is 13.0 Å². The Kier molecular flexibility index (Phi) is 5.05. The van der Waals surface area contributed by atoms with Crippen molar-refractivity contribution in [2.75, 3.05) is 19.8 Å². The Hall–Kier alpha value is -0.430. The molecule has 0 aromatic heterocycles. The third-order valence-electron chi connectivity index (χ3n) is 0.691. The minimum Gasteiger partial charge on any atom is -0.726 e. The predicted octanol–water partition coefficient (Wildman–Crippen LogP) is -0.334. The molecule has 0 saturated carbocycles. The molecule has 0 N–H and O–H groups in total. The zero-order valence-electron chi connectivity index (χ0n) is 5.86. The van der Waals surface area contributed by atoms with Crippen LogP contribution in [0.2, 0.25) is 0 Å². The van der Waals surface area contributed by atoms with Gasteiger partial charge in [0.25, 0.3) is 0 Å². The molecule has 66 valence electrons. The molecule has 0 saturated heterocycles. The van der Waals surface area contributed by atoms with E-state index in [-0.39, 0.29) is 13.2 Å². The van der Waals surface area contributed by atoms with Crippen LogP contribution >= 0.6 is 0 Å². The summed E-state index contributed by atoms with van der Waals surface area (Å²) in [7, 11) is -4.57. The maximum absolute atomic E-state index is 9.81. The van der Waals surface area contributed by atoms with Gasteiger partial charge in [0, 0.05) is 0 Å². The fourth-order valence-corrected chi connectivity index (χ4v) is 0.634. The zero-order valence-corrected chi connectivity index (χ0v) is 6.67. The molecular weight excluding hydrogens is 172 g/mol. The molecule has 0 aromatic carbocycles. The molecule has 0 fully saturated rings. The summed E-state index contributed by atoms with van der Waals surface area (Å²) in [6.07, 6.45) is 1.51. The molecule has 0 atom stereocenters. The topological polar surface area (TPSA) is 75.7 Å². The van der Waals surface area contributed by atoms with E-state index in [0.29, 0.717) is 6.61 Å². The van der Waals surface area contributed by atoms with E-state index in [1.807, 2.05) is 0 Å². The molecular formula is C5H9O5S-. The fraction of sp³-hybridized carbons (Fsp3) is 0.600. The van der Waals surface area contributed by atoms with Crippen molar-refractivity contribution in [2.45, 2.75) is 0 Å². The van der Waals surface area contributed by atoms with E-state index in [4.69, 9.17) is 4.74 Å². The molecule has 6 heteroatoms. The maximum Gasteiger partial charge on any atom is 0.217 e. The molecule has 0 amide bonds.